The van der Waals surface area contributed by atoms with Crippen LogP contribution in [-0.4, -0.2) is 19.0 Å². The van der Waals surface area contributed by atoms with E-state index in [0.717, 1.165) is 12.0 Å². The average molecular weight is 284 g/mol. The fraction of sp³-hybridized carbons (Fsp3) is 0.235. The maximum atomic E-state index is 12.4. The standard InChI is InChI=1S/C17H16O4/c1-2-12-10-16-17(21-9-8-20-16)11-14(12)15(18)6-5-13-4-3-7-19-13/h3-7,10-11H,2,8-9H2,1H3/b6-5+. The molecule has 0 fully saturated rings. The van der Waals surface area contributed by atoms with Crippen LogP contribution >= 0.6 is 0 Å². The third-order valence-corrected chi connectivity index (χ3v) is 3.36. The van der Waals surface area contributed by atoms with Gasteiger partial charge in [-0.2, -0.15) is 0 Å². The lowest BCUT2D eigenvalue weighted by Crippen LogP contribution is -2.16. The summed E-state index contributed by atoms with van der Waals surface area (Å²) in [5.74, 6) is 1.93. The minimum Gasteiger partial charge on any atom is -0.486 e. The van der Waals surface area contributed by atoms with E-state index in [2.05, 4.69) is 0 Å². The molecule has 108 valence electrons. The predicted molar refractivity (Wildman–Crippen MR) is 78.9 cm³/mol. The first-order valence-electron chi connectivity index (χ1n) is 6.96. The largest absolute Gasteiger partial charge is 0.486 e. The Balaban J connectivity index is 1.91. The summed E-state index contributed by atoms with van der Waals surface area (Å²) in [5, 5.41) is 0. The number of furan rings is 1. The summed E-state index contributed by atoms with van der Waals surface area (Å²) in [5.41, 5.74) is 1.60. The smallest absolute Gasteiger partial charge is 0.186 e. The quantitative estimate of drug-likeness (QED) is 0.637. The third kappa shape index (κ3) is 2.84. The van der Waals surface area contributed by atoms with Crippen LogP contribution in [0.4, 0.5) is 0 Å². The van der Waals surface area contributed by atoms with Crippen molar-refractivity contribution in [3.63, 3.8) is 0 Å². The molecule has 21 heavy (non-hydrogen) atoms. The van der Waals surface area contributed by atoms with Crippen molar-refractivity contribution in [2.24, 2.45) is 0 Å². The van der Waals surface area contributed by atoms with Crippen molar-refractivity contribution in [2.75, 3.05) is 13.2 Å². The van der Waals surface area contributed by atoms with Gasteiger partial charge in [-0.1, -0.05) is 6.92 Å². The number of carbonyl (C=O) groups is 1. The fourth-order valence-electron chi connectivity index (χ4n) is 2.29. The molecule has 4 heteroatoms. The number of hydrogen-bond acceptors (Lipinski definition) is 4. The second-order valence-electron chi connectivity index (χ2n) is 4.72. The molecule has 0 amide bonds. The van der Waals surface area contributed by atoms with Gasteiger partial charge in [-0.15, -0.1) is 0 Å². The maximum absolute atomic E-state index is 12.4. The van der Waals surface area contributed by atoms with E-state index in [-0.39, 0.29) is 5.78 Å². The zero-order chi connectivity index (χ0) is 14.7. The molecule has 1 aromatic carbocycles. The summed E-state index contributed by atoms with van der Waals surface area (Å²) in [4.78, 5) is 12.4. The van der Waals surface area contributed by atoms with E-state index < -0.39 is 0 Å². The van der Waals surface area contributed by atoms with Crippen LogP contribution in [-0.2, 0) is 6.42 Å². The zero-order valence-corrected chi connectivity index (χ0v) is 11.8. The van der Waals surface area contributed by atoms with E-state index in [0.29, 0.717) is 36.0 Å². The molecule has 0 spiro atoms. The molecular formula is C17H16O4. The molecule has 0 atom stereocenters. The normalized spacial score (nSPS) is 13.6. The Morgan fingerprint density at radius 1 is 1.24 bits per heavy atom. The SMILES string of the molecule is CCc1cc2c(cc1C(=O)/C=C/c1ccco1)OCCO2. The van der Waals surface area contributed by atoms with Gasteiger partial charge in [0, 0.05) is 5.56 Å². The number of aryl methyl sites for hydroxylation is 1. The van der Waals surface area contributed by atoms with Gasteiger partial charge in [0.2, 0.25) is 0 Å². The number of allylic oxidation sites excluding steroid dienone is 1. The van der Waals surface area contributed by atoms with Gasteiger partial charge in [-0.25, -0.2) is 0 Å². The van der Waals surface area contributed by atoms with Crippen LogP contribution in [0.1, 0.15) is 28.6 Å². The molecule has 0 unspecified atom stereocenters. The summed E-state index contributed by atoms with van der Waals surface area (Å²) in [6, 6.07) is 7.24. The van der Waals surface area contributed by atoms with Crippen molar-refractivity contribution in [1.82, 2.24) is 0 Å². The van der Waals surface area contributed by atoms with Gasteiger partial charge in [0.15, 0.2) is 17.3 Å². The summed E-state index contributed by atoms with van der Waals surface area (Å²) in [6.07, 6.45) is 5.51. The summed E-state index contributed by atoms with van der Waals surface area (Å²) >= 11 is 0. The fourth-order valence-corrected chi connectivity index (χ4v) is 2.29. The molecule has 0 saturated carbocycles. The van der Waals surface area contributed by atoms with E-state index >= 15 is 0 Å². The zero-order valence-electron chi connectivity index (χ0n) is 11.8. The van der Waals surface area contributed by atoms with Gasteiger partial charge in [-0.3, -0.25) is 4.79 Å². The molecule has 2 aromatic rings. The second-order valence-corrected chi connectivity index (χ2v) is 4.72. The molecular weight excluding hydrogens is 268 g/mol. The highest BCUT2D eigenvalue weighted by atomic mass is 16.6. The first-order chi connectivity index (χ1) is 10.3. The molecule has 0 radical (unpaired) electrons. The summed E-state index contributed by atoms with van der Waals surface area (Å²) in [6.45, 7) is 3.06. The Kier molecular flexibility index (Phi) is 3.77. The molecule has 0 bridgehead atoms. The van der Waals surface area contributed by atoms with Crippen LogP contribution in [0.3, 0.4) is 0 Å². The number of hydrogen-bond donors (Lipinski definition) is 0. The number of rotatable bonds is 4. The number of carbonyl (C=O) groups excluding carboxylic acids is 1. The van der Waals surface area contributed by atoms with Gasteiger partial charge in [0.05, 0.1) is 6.26 Å². The molecule has 0 N–H and O–H groups in total. The molecule has 3 rings (SSSR count). The lowest BCUT2D eigenvalue weighted by molar-refractivity contribution is 0.104. The van der Waals surface area contributed by atoms with Crippen LogP contribution in [0.2, 0.25) is 0 Å². The van der Waals surface area contributed by atoms with Crippen molar-refractivity contribution in [1.29, 1.82) is 0 Å². The number of benzene rings is 1. The minimum absolute atomic E-state index is 0.0692. The lowest BCUT2D eigenvalue weighted by atomic mass is 10.00. The molecule has 4 nitrogen and oxygen atoms in total. The van der Waals surface area contributed by atoms with Crippen molar-refractivity contribution in [3.05, 3.63) is 53.5 Å². The van der Waals surface area contributed by atoms with Crippen LogP contribution in [0.15, 0.2) is 41.0 Å². The van der Waals surface area contributed by atoms with Crippen LogP contribution < -0.4 is 9.47 Å². The lowest BCUT2D eigenvalue weighted by Gasteiger charge is -2.20. The molecule has 0 aliphatic carbocycles. The van der Waals surface area contributed by atoms with Crippen molar-refractivity contribution in [3.8, 4) is 11.5 Å². The van der Waals surface area contributed by atoms with Gasteiger partial charge < -0.3 is 13.9 Å². The van der Waals surface area contributed by atoms with Gasteiger partial charge in [0.25, 0.3) is 0 Å². The number of ether oxygens (including phenoxy) is 2. The summed E-state index contributed by atoms with van der Waals surface area (Å²) in [7, 11) is 0. The Labute approximate surface area is 123 Å². The Bertz CT molecular complexity index is 668. The first-order valence-corrected chi connectivity index (χ1v) is 6.96. The van der Waals surface area contributed by atoms with E-state index in [1.165, 1.54) is 6.08 Å². The average Bonchev–Trinajstić information content (AvgIpc) is 3.04. The topological polar surface area (TPSA) is 48.7 Å². The van der Waals surface area contributed by atoms with E-state index in [4.69, 9.17) is 13.9 Å². The summed E-state index contributed by atoms with van der Waals surface area (Å²) < 4.78 is 16.3. The van der Waals surface area contributed by atoms with E-state index in [1.54, 1.807) is 30.5 Å². The molecule has 0 saturated heterocycles. The van der Waals surface area contributed by atoms with Gasteiger partial charge in [0.1, 0.15) is 19.0 Å². The highest BCUT2D eigenvalue weighted by Crippen LogP contribution is 2.33. The molecule has 1 aliphatic heterocycles. The third-order valence-electron chi connectivity index (χ3n) is 3.36. The van der Waals surface area contributed by atoms with E-state index in [9.17, 15) is 4.79 Å². The van der Waals surface area contributed by atoms with Crippen LogP contribution in [0.25, 0.3) is 6.08 Å². The van der Waals surface area contributed by atoms with Crippen molar-refractivity contribution >= 4 is 11.9 Å². The Morgan fingerprint density at radius 2 is 2.00 bits per heavy atom. The number of fused-ring (bicyclic) bond motifs is 1. The van der Waals surface area contributed by atoms with Crippen molar-refractivity contribution < 1.29 is 18.7 Å². The predicted octanol–water partition coefficient (Wildman–Crippen LogP) is 3.51. The maximum Gasteiger partial charge on any atom is 0.186 e. The molecule has 2 heterocycles. The highest BCUT2D eigenvalue weighted by molar-refractivity contribution is 6.08. The van der Waals surface area contributed by atoms with Crippen molar-refractivity contribution in [2.45, 2.75) is 13.3 Å². The monoisotopic (exact) mass is 284 g/mol. The van der Waals surface area contributed by atoms with Crippen LogP contribution in [0, 0.1) is 0 Å². The van der Waals surface area contributed by atoms with Crippen LogP contribution in [0.5, 0.6) is 11.5 Å². The van der Waals surface area contributed by atoms with Gasteiger partial charge >= 0.3 is 0 Å². The molecule has 1 aromatic heterocycles. The minimum atomic E-state index is -0.0692. The Hall–Kier alpha value is -2.49. The number of ketones is 1. The first kappa shape index (κ1) is 13.5. The van der Waals surface area contributed by atoms with E-state index in [1.807, 2.05) is 13.0 Å². The second kappa shape index (κ2) is 5.87. The molecule has 1 aliphatic rings. The highest BCUT2D eigenvalue weighted by Gasteiger charge is 2.17. The van der Waals surface area contributed by atoms with Gasteiger partial charge in [-0.05, 0) is 48.4 Å². The Morgan fingerprint density at radius 3 is 2.67 bits per heavy atom.